The molecule has 20 heavy (non-hydrogen) atoms. The Bertz CT molecular complexity index is 494. The van der Waals surface area contributed by atoms with Crippen LogP contribution in [0.15, 0.2) is 6.07 Å². The summed E-state index contributed by atoms with van der Waals surface area (Å²) < 4.78 is 1.77. The number of carbonyl (C=O) groups excluding carboxylic acids is 1. The second-order valence-electron chi connectivity index (χ2n) is 6.73. The van der Waals surface area contributed by atoms with Gasteiger partial charge in [0.05, 0.1) is 5.69 Å². The molecule has 4 nitrogen and oxygen atoms in total. The van der Waals surface area contributed by atoms with Crippen molar-refractivity contribution in [1.82, 2.24) is 14.7 Å². The van der Waals surface area contributed by atoms with Crippen molar-refractivity contribution in [1.29, 1.82) is 0 Å². The van der Waals surface area contributed by atoms with E-state index in [2.05, 4.69) is 18.9 Å². The van der Waals surface area contributed by atoms with Gasteiger partial charge in [0.25, 0.3) is 5.91 Å². The first kappa shape index (κ1) is 13.7. The average Bonchev–Trinajstić information content (AvgIpc) is 3.21. The van der Waals surface area contributed by atoms with E-state index in [0.29, 0.717) is 5.92 Å². The monoisotopic (exact) mass is 275 g/mol. The summed E-state index contributed by atoms with van der Waals surface area (Å²) in [5, 5.41) is 4.50. The third kappa shape index (κ3) is 2.60. The molecule has 2 aliphatic rings. The summed E-state index contributed by atoms with van der Waals surface area (Å²) in [6.07, 6.45) is 4.72. The van der Waals surface area contributed by atoms with Crippen molar-refractivity contribution in [3.05, 3.63) is 17.5 Å². The molecular formula is C16H25N3O. The number of aryl methyl sites for hydroxylation is 1. The minimum absolute atomic E-state index is 0.161. The molecule has 0 radical (unpaired) electrons. The zero-order chi connectivity index (χ0) is 14.3. The van der Waals surface area contributed by atoms with Gasteiger partial charge in [0, 0.05) is 26.1 Å². The number of hydrogen-bond acceptors (Lipinski definition) is 2. The van der Waals surface area contributed by atoms with Gasteiger partial charge < -0.3 is 4.90 Å². The topological polar surface area (TPSA) is 38.1 Å². The molecule has 1 aliphatic carbocycles. The largest absolute Gasteiger partial charge is 0.337 e. The van der Waals surface area contributed by atoms with E-state index in [9.17, 15) is 4.79 Å². The summed E-state index contributed by atoms with van der Waals surface area (Å²) >= 11 is 0. The Kier molecular flexibility index (Phi) is 3.57. The predicted octanol–water partition coefficient (Wildman–Crippen LogP) is 2.81. The van der Waals surface area contributed by atoms with Crippen LogP contribution in [-0.4, -0.2) is 33.7 Å². The van der Waals surface area contributed by atoms with Crippen LogP contribution in [0, 0.1) is 11.8 Å². The lowest BCUT2D eigenvalue weighted by Gasteiger charge is -2.33. The van der Waals surface area contributed by atoms with Crippen molar-refractivity contribution in [3.8, 4) is 0 Å². The fourth-order valence-electron chi connectivity index (χ4n) is 3.20. The summed E-state index contributed by atoms with van der Waals surface area (Å²) in [6.45, 7) is 6.35. The third-order valence-electron chi connectivity index (χ3n) is 4.88. The standard InChI is InChI=1S/C16H25N3O/c1-11(2)12-6-8-19(9-7-12)16(20)15-10-14(13-4-5-13)17-18(15)3/h10-13H,4-9H2,1-3H3. The first-order chi connectivity index (χ1) is 9.56. The molecule has 3 rings (SSSR count). The summed E-state index contributed by atoms with van der Waals surface area (Å²) in [7, 11) is 1.89. The Labute approximate surface area is 121 Å². The predicted molar refractivity (Wildman–Crippen MR) is 78.6 cm³/mol. The maximum Gasteiger partial charge on any atom is 0.272 e. The minimum Gasteiger partial charge on any atom is -0.337 e. The molecule has 2 heterocycles. The van der Waals surface area contributed by atoms with Crippen LogP contribution >= 0.6 is 0 Å². The molecule has 0 N–H and O–H groups in total. The van der Waals surface area contributed by atoms with Crippen molar-refractivity contribution in [3.63, 3.8) is 0 Å². The molecule has 0 unspecified atom stereocenters. The molecule has 4 heteroatoms. The number of hydrogen-bond donors (Lipinski definition) is 0. The molecule has 1 saturated heterocycles. The van der Waals surface area contributed by atoms with Crippen molar-refractivity contribution < 1.29 is 4.79 Å². The summed E-state index contributed by atoms with van der Waals surface area (Å²) in [5.74, 6) is 2.27. The van der Waals surface area contributed by atoms with Crippen LogP contribution in [0.5, 0.6) is 0 Å². The minimum atomic E-state index is 0.161. The van der Waals surface area contributed by atoms with Gasteiger partial charge >= 0.3 is 0 Å². The van der Waals surface area contributed by atoms with E-state index in [0.717, 1.165) is 49.2 Å². The zero-order valence-electron chi connectivity index (χ0n) is 12.8. The number of piperidine rings is 1. The fraction of sp³-hybridized carbons (Fsp3) is 0.750. The van der Waals surface area contributed by atoms with Crippen LogP contribution < -0.4 is 0 Å². The number of carbonyl (C=O) groups is 1. The lowest BCUT2D eigenvalue weighted by atomic mass is 9.86. The van der Waals surface area contributed by atoms with Gasteiger partial charge in [-0.2, -0.15) is 5.10 Å². The second-order valence-corrected chi connectivity index (χ2v) is 6.73. The van der Waals surface area contributed by atoms with Crippen LogP contribution in [0.4, 0.5) is 0 Å². The van der Waals surface area contributed by atoms with Crippen LogP contribution in [0.2, 0.25) is 0 Å². The number of likely N-dealkylation sites (tertiary alicyclic amines) is 1. The third-order valence-corrected chi connectivity index (χ3v) is 4.88. The van der Waals surface area contributed by atoms with Crippen LogP contribution in [0.3, 0.4) is 0 Å². The molecule has 1 aromatic heterocycles. The van der Waals surface area contributed by atoms with Crippen molar-refractivity contribution in [2.45, 2.75) is 45.4 Å². The van der Waals surface area contributed by atoms with Crippen LogP contribution in [-0.2, 0) is 7.05 Å². The zero-order valence-corrected chi connectivity index (χ0v) is 12.8. The number of aromatic nitrogens is 2. The molecular weight excluding hydrogens is 250 g/mol. The summed E-state index contributed by atoms with van der Waals surface area (Å²) in [5.41, 5.74) is 1.86. The molecule has 0 spiro atoms. The smallest absolute Gasteiger partial charge is 0.272 e. The molecule has 0 bridgehead atoms. The second kappa shape index (κ2) is 5.23. The fourth-order valence-corrected chi connectivity index (χ4v) is 3.20. The van der Waals surface area contributed by atoms with E-state index in [1.807, 2.05) is 18.0 Å². The average molecular weight is 275 g/mol. The van der Waals surface area contributed by atoms with E-state index < -0.39 is 0 Å². The maximum absolute atomic E-state index is 12.6. The van der Waals surface area contributed by atoms with E-state index in [1.165, 1.54) is 12.8 Å². The Balaban J connectivity index is 1.67. The van der Waals surface area contributed by atoms with Crippen molar-refractivity contribution >= 4 is 5.91 Å². The highest BCUT2D eigenvalue weighted by atomic mass is 16.2. The maximum atomic E-state index is 12.6. The normalized spacial score (nSPS) is 20.7. The number of amides is 1. The number of rotatable bonds is 3. The molecule has 1 amide bonds. The highest BCUT2D eigenvalue weighted by molar-refractivity contribution is 5.92. The Morgan fingerprint density at radius 1 is 1.25 bits per heavy atom. The highest BCUT2D eigenvalue weighted by Gasteiger charge is 2.30. The molecule has 0 atom stereocenters. The van der Waals surface area contributed by atoms with Gasteiger partial charge in [-0.1, -0.05) is 13.8 Å². The van der Waals surface area contributed by atoms with Gasteiger partial charge in [0.2, 0.25) is 0 Å². The van der Waals surface area contributed by atoms with E-state index >= 15 is 0 Å². The summed E-state index contributed by atoms with van der Waals surface area (Å²) in [6, 6.07) is 2.01. The van der Waals surface area contributed by atoms with Gasteiger partial charge in [-0.05, 0) is 43.6 Å². The van der Waals surface area contributed by atoms with Gasteiger partial charge in [-0.25, -0.2) is 0 Å². The molecule has 110 valence electrons. The van der Waals surface area contributed by atoms with Gasteiger partial charge in [0.15, 0.2) is 0 Å². The Hall–Kier alpha value is -1.32. The molecule has 1 aromatic rings. The number of nitrogens with zero attached hydrogens (tertiary/aromatic N) is 3. The Morgan fingerprint density at radius 3 is 2.45 bits per heavy atom. The van der Waals surface area contributed by atoms with E-state index in [-0.39, 0.29) is 5.91 Å². The van der Waals surface area contributed by atoms with Crippen molar-refractivity contribution in [2.24, 2.45) is 18.9 Å². The summed E-state index contributed by atoms with van der Waals surface area (Å²) in [4.78, 5) is 14.6. The van der Waals surface area contributed by atoms with Crippen LogP contribution in [0.1, 0.15) is 61.6 Å². The molecule has 2 fully saturated rings. The SMILES string of the molecule is CC(C)C1CCN(C(=O)c2cc(C3CC3)nn2C)CC1. The molecule has 0 aromatic carbocycles. The van der Waals surface area contributed by atoms with Gasteiger partial charge in [0.1, 0.15) is 5.69 Å². The molecule has 1 aliphatic heterocycles. The molecule has 1 saturated carbocycles. The van der Waals surface area contributed by atoms with E-state index in [1.54, 1.807) is 4.68 Å². The lowest BCUT2D eigenvalue weighted by molar-refractivity contribution is 0.0656. The lowest BCUT2D eigenvalue weighted by Crippen LogP contribution is -2.40. The van der Waals surface area contributed by atoms with Gasteiger partial charge in [-0.15, -0.1) is 0 Å². The van der Waals surface area contributed by atoms with Gasteiger partial charge in [-0.3, -0.25) is 9.48 Å². The van der Waals surface area contributed by atoms with Crippen molar-refractivity contribution in [2.75, 3.05) is 13.1 Å². The van der Waals surface area contributed by atoms with Crippen LogP contribution in [0.25, 0.3) is 0 Å². The first-order valence-electron chi connectivity index (χ1n) is 7.89. The van der Waals surface area contributed by atoms with E-state index in [4.69, 9.17) is 0 Å². The first-order valence-corrected chi connectivity index (χ1v) is 7.89. The quantitative estimate of drug-likeness (QED) is 0.850. The highest BCUT2D eigenvalue weighted by Crippen LogP contribution is 2.39. The Morgan fingerprint density at radius 2 is 1.90 bits per heavy atom.